The van der Waals surface area contributed by atoms with E-state index in [0.717, 1.165) is 26.3 Å². The van der Waals surface area contributed by atoms with Crippen LogP contribution in [0.1, 0.15) is 0 Å². The first-order chi connectivity index (χ1) is 12.3. The third-order valence-corrected chi connectivity index (χ3v) is 4.57. The van der Waals surface area contributed by atoms with E-state index in [1.54, 1.807) is 0 Å². The minimum atomic E-state index is 0.759. The summed E-state index contributed by atoms with van der Waals surface area (Å²) in [6, 6.07) is 31.0. The minimum Gasteiger partial charge on any atom is -0.228 e. The van der Waals surface area contributed by atoms with Crippen molar-refractivity contribution in [3.63, 3.8) is 0 Å². The van der Waals surface area contributed by atoms with E-state index in [0.29, 0.717) is 0 Å². The number of rotatable bonds is 3. The first-order valence-electron chi connectivity index (χ1n) is 8.05. The fraction of sp³-hybridized carbons (Fsp3) is 0. The molecule has 0 aliphatic carbocycles. The predicted molar refractivity (Wildman–Crippen MR) is 111 cm³/mol. The molecule has 0 bridgehead atoms. The Morgan fingerprint density at radius 1 is 0.520 bits per heavy atom. The van der Waals surface area contributed by atoms with Crippen LogP contribution in [0.5, 0.6) is 0 Å². The van der Waals surface area contributed by atoms with Gasteiger partial charge in [0, 0.05) is 11.1 Å². The summed E-state index contributed by atoms with van der Waals surface area (Å²) in [4.78, 5) is 9.33. The van der Waals surface area contributed by atoms with Gasteiger partial charge in [-0.05, 0) is 39.8 Å². The third-order valence-electron chi connectivity index (χ3n) is 4.01. The molecule has 0 radical (unpaired) electrons. The Balaban J connectivity index is 1.71. The quantitative estimate of drug-likeness (QED) is 0.289. The summed E-state index contributed by atoms with van der Waals surface area (Å²) in [7, 11) is 0. The normalized spacial score (nSPS) is 10.6. The summed E-state index contributed by atoms with van der Waals surface area (Å²) in [6.45, 7) is 0. The van der Waals surface area contributed by atoms with Crippen molar-refractivity contribution >= 4 is 22.6 Å². The predicted octanol–water partition coefficient (Wildman–Crippen LogP) is 6.08. The maximum Gasteiger partial charge on any atom is 0.160 e. The van der Waals surface area contributed by atoms with E-state index < -0.39 is 0 Å². The molecule has 0 unspecified atom stereocenters. The van der Waals surface area contributed by atoms with Gasteiger partial charge in [0.15, 0.2) is 5.82 Å². The molecule has 1 heterocycles. The van der Waals surface area contributed by atoms with Gasteiger partial charge in [-0.1, -0.05) is 84.9 Å². The van der Waals surface area contributed by atoms with Crippen molar-refractivity contribution in [3.8, 4) is 33.8 Å². The maximum absolute atomic E-state index is 4.76. The lowest BCUT2D eigenvalue weighted by atomic mass is 10.0. The summed E-state index contributed by atoms with van der Waals surface area (Å²) in [6.07, 6.45) is 0. The number of hydrogen-bond donors (Lipinski definition) is 0. The van der Waals surface area contributed by atoms with Crippen LogP contribution in [0.25, 0.3) is 33.8 Å². The molecule has 0 N–H and O–H groups in total. The van der Waals surface area contributed by atoms with Gasteiger partial charge in [0.05, 0.1) is 5.69 Å². The highest BCUT2D eigenvalue weighted by atomic mass is 127. The first kappa shape index (κ1) is 16.0. The lowest BCUT2D eigenvalue weighted by Gasteiger charge is -2.07. The van der Waals surface area contributed by atoms with Crippen LogP contribution in [0.2, 0.25) is 0 Å². The van der Waals surface area contributed by atoms with Gasteiger partial charge in [-0.3, -0.25) is 0 Å². The monoisotopic (exact) mass is 434 g/mol. The van der Waals surface area contributed by atoms with E-state index in [9.17, 15) is 0 Å². The van der Waals surface area contributed by atoms with E-state index in [4.69, 9.17) is 4.98 Å². The summed E-state index contributed by atoms with van der Waals surface area (Å²) in [5.41, 5.74) is 5.49. The first-order valence-corrected chi connectivity index (χ1v) is 9.13. The molecule has 0 saturated heterocycles. The molecule has 0 spiro atoms. The van der Waals surface area contributed by atoms with Crippen LogP contribution >= 0.6 is 22.6 Å². The highest BCUT2D eigenvalue weighted by Crippen LogP contribution is 2.26. The molecule has 4 rings (SSSR count). The molecule has 120 valence electrons. The van der Waals surface area contributed by atoms with Crippen molar-refractivity contribution in [1.29, 1.82) is 0 Å². The molecule has 4 aromatic rings. The summed E-state index contributed by atoms with van der Waals surface area (Å²) in [5.74, 6) is 0.759. The van der Waals surface area contributed by atoms with E-state index in [1.807, 2.05) is 42.5 Å². The number of aromatic nitrogens is 2. The zero-order chi connectivity index (χ0) is 17.1. The van der Waals surface area contributed by atoms with E-state index >= 15 is 0 Å². The fourth-order valence-corrected chi connectivity index (χ4v) is 3.27. The van der Waals surface area contributed by atoms with Gasteiger partial charge in [-0.15, -0.1) is 0 Å². The molecule has 0 aliphatic heterocycles. The van der Waals surface area contributed by atoms with Crippen molar-refractivity contribution in [2.75, 3.05) is 0 Å². The minimum absolute atomic E-state index is 0.759. The van der Waals surface area contributed by atoms with Crippen molar-refractivity contribution in [2.24, 2.45) is 0 Å². The van der Waals surface area contributed by atoms with Crippen LogP contribution in [0.3, 0.4) is 0 Å². The fourth-order valence-electron chi connectivity index (χ4n) is 2.75. The second-order valence-corrected chi connectivity index (χ2v) is 6.81. The van der Waals surface area contributed by atoms with Crippen LogP contribution in [0, 0.1) is 3.70 Å². The van der Waals surface area contributed by atoms with E-state index in [1.165, 1.54) is 11.1 Å². The zero-order valence-corrected chi connectivity index (χ0v) is 15.6. The Labute approximate surface area is 160 Å². The summed E-state index contributed by atoms with van der Waals surface area (Å²) < 4.78 is 0.939. The highest BCUT2D eigenvalue weighted by molar-refractivity contribution is 14.1. The number of benzene rings is 3. The van der Waals surface area contributed by atoms with Gasteiger partial charge in [-0.25, -0.2) is 9.97 Å². The Kier molecular flexibility index (Phi) is 4.57. The van der Waals surface area contributed by atoms with Crippen molar-refractivity contribution in [3.05, 3.63) is 94.7 Å². The highest BCUT2D eigenvalue weighted by Gasteiger charge is 2.07. The number of nitrogens with zero attached hydrogens (tertiary/aromatic N) is 2. The Bertz CT molecular complexity index is 981. The molecule has 2 nitrogen and oxygen atoms in total. The molecule has 1 aromatic heterocycles. The SMILES string of the molecule is Ic1cc(-c2ccc(-c3ccccc3)cc2)nc(-c2ccccc2)n1. The van der Waals surface area contributed by atoms with E-state index in [2.05, 4.69) is 76.1 Å². The maximum atomic E-state index is 4.76. The average molecular weight is 434 g/mol. The Morgan fingerprint density at radius 2 is 1.04 bits per heavy atom. The van der Waals surface area contributed by atoms with Crippen molar-refractivity contribution in [1.82, 2.24) is 9.97 Å². The smallest absolute Gasteiger partial charge is 0.160 e. The topological polar surface area (TPSA) is 25.8 Å². The molecule has 3 heteroatoms. The van der Waals surface area contributed by atoms with Gasteiger partial charge in [0.25, 0.3) is 0 Å². The average Bonchev–Trinajstić information content (AvgIpc) is 2.69. The number of hydrogen-bond acceptors (Lipinski definition) is 2. The molecule has 0 amide bonds. The molecule has 25 heavy (non-hydrogen) atoms. The van der Waals surface area contributed by atoms with Crippen LogP contribution in [0.15, 0.2) is 91.0 Å². The molecule has 0 atom stereocenters. The van der Waals surface area contributed by atoms with Gasteiger partial charge in [-0.2, -0.15) is 0 Å². The van der Waals surface area contributed by atoms with Crippen LogP contribution in [0.4, 0.5) is 0 Å². The molecular weight excluding hydrogens is 419 g/mol. The molecule has 3 aromatic carbocycles. The lowest BCUT2D eigenvalue weighted by Crippen LogP contribution is -1.95. The molecule has 0 saturated carbocycles. The van der Waals surface area contributed by atoms with Crippen molar-refractivity contribution in [2.45, 2.75) is 0 Å². The van der Waals surface area contributed by atoms with Gasteiger partial charge < -0.3 is 0 Å². The van der Waals surface area contributed by atoms with Crippen LogP contribution < -0.4 is 0 Å². The van der Waals surface area contributed by atoms with Gasteiger partial charge in [0.1, 0.15) is 3.70 Å². The largest absolute Gasteiger partial charge is 0.228 e. The standard InChI is InChI=1S/C22H15IN2/c23-21-15-20(24-22(25-21)19-9-5-2-6-10-19)18-13-11-17(12-14-18)16-7-3-1-4-8-16/h1-15H. The molecular formula is C22H15IN2. The van der Waals surface area contributed by atoms with Crippen LogP contribution in [-0.2, 0) is 0 Å². The Morgan fingerprint density at radius 3 is 1.68 bits per heavy atom. The number of halogens is 1. The summed E-state index contributed by atoms with van der Waals surface area (Å²) in [5, 5.41) is 0. The van der Waals surface area contributed by atoms with Crippen LogP contribution in [-0.4, -0.2) is 9.97 Å². The Hall–Kier alpha value is -2.53. The van der Waals surface area contributed by atoms with Crippen molar-refractivity contribution < 1.29 is 0 Å². The molecule has 0 fully saturated rings. The zero-order valence-electron chi connectivity index (χ0n) is 13.4. The summed E-state index contributed by atoms with van der Waals surface area (Å²) >= 11 is 2.25. The third kappa shape index (κ3) is 3.61. The molecule has 0 aliphatic rings. The second-order valence-electron chi connectivity index (χ2n) is 5.71. The van der Waals surface area contributed by atoms with Gasteiger partial charge >= 0.3 is 0 Å². The van der Waals surface area contributed by atoms with E-state index in [-0.39, 0.29) is 0 Å². The lowest BCUT2D eigenvalue weighted by molar-refractivity contribution is 1.15. The second kappa shape index (κ2) is 7.15. The van der Waals surface area contributed by atoms with Gasteiger partial charge in [0.2, 0.25) is 0 Å².